The van der Waals surface area contributed by atoms with Crippen molar-refractivity contribution in [1.29, 1.82) is 0 Å². The lowest BCUT2D eigenvalue weighted by atomic mass is 10.00. The van der Waals surface area contributed by atoms with Crippen molar-refractivity contribution in [2.45, 2.75) is 57.1 Å². The molecule has 3 rings (SSSR count). The molecule has 0 spiro atoms. The van der Waals surface area contributed by atoms with E-state index in [1.54, 1.807) is 0 Å². The molecule has 1 N–H and O–H groups in total. The average Bonchev–Trinajstić information content (AvgIpc) is 3.06. The molecule has 1 fully saturated rings. The van der Waals surface area contributed by atoms with Crippen molar-refractivity contribution in [3.63, 3.8) is 0 Å². The molecule has 0 aromatic heterocycles. The number of carbonyl (C=O) groups is 1. The minimum Gasteiger partial charge on any atom is -0.365 e. The third-order valence-electron chi connectivity index (χ3n) is 4.68. The number of benzene rings is 1. The van der Waals surface area contributed by atoms with Gasteiger partial charge in [-0.05, 0) is 68.7 Å². The molecule has 1 saturated carbocycles. The highest BCUT2D eigenvalue weighted by atomic mass is 35.5. The maximum Gasteiger partial charge on any atom is 0.252 e. The molecule has 1 amide bonds. The number of amides is 1. The summed E-state index contributed by atoms with van der Waals surface area (Å²) in [6.45, 7) is 2.55. The van der Waals surface area contributed by atoms with Gasteiger partial charge in [0.2, 0.25) is 0 Å². The summed E-state index contributed by atoms with van der Waals surface area (Å²) in [5, 5.41) is 3.97. The molecule has 4 heteroatoms. The van der Waals surface area contributed by atoms with Crippen molar-refractivity contribution < 1.29 is 9.53 Å². The molecule has 0 aliphatic heterocycles. The largest absolute Gasteiger partial charge is 0.365 e. The van der Waals surface area contributed by atoms with E-state index in [2.05, 4.69) is 11.4 Å². The molecule has 1 unspecified atom stereocenters. The van der Waals surface area contributed by atoms with E-state index in [-0.39, 0.29) is 11.9 Å². The van der Waals surface area contributed by atoms with E-state index in [1.165, 1.54) is 11.1 Å². The summed E-state index contributed by atoms with van der Waals surface area (Å²) in [5.41, 5.74) is 1.97. The van der Waals surface area contributed by atoms with E-state index in [0.717, 1.165) is 43.5 Å². The van der Waals surface area contributed by atoms with Gasteiger partial charge >= 0.3 is 0 Å². The summed E-state index contributed by atoms with van der Waals surface area (Å²) in [5.74, 6) is 0.0748. The van der Waals surface area contributed by atoms with Crippen molar-refractivity contribution in [2.75, 3.05) is 6.61 Å². The second-order valence-electron chi connectivity index (χ2n) is 6.13. The van der Waals surface area contributed by atoms with Crippen LogP contribution in [0.25, 0.3) is 0 Å². The van der Waals surface area contributed by atoms with Gasteiger partial charge in [0.15, 0.2) is 0 Å². The Morgan fingerprint density at radius 1 is 1.33 bits per heavy atom. The highest BCUT2D eigenvalue weighted by molar-refractivity contribution is 6.30. The maximum atomic E-state index is 12.7. The van der Waals surface area contributed by atoms with Crippen molar-refractivity contribution in [1.82, 2.24) is 5.32 Å². The minimum absolute atomic E-state index is 0.0748. The number of carbonyl (C=O) groups excluding carboxylic acids is 1. The quantitative estimate of drug-likeness (QED) is 0.927. The van der Waals surface area contributed by atoms with Crippen LogP contribution in [0.2, 0.25) is 5.02 Å². The second-order valence-corrected chi connectivity index (χ2v) is 6.56. The normalized spacial score (nSPS) is 23.0. The Balaban J connectivity index is 1.66. The topological polar surface area (TPSA) is 38.3 Å². The van der Waals surface area contributed by atoms with Crippen LogP contribution >= 0.6 is 11.6 Å². The molecule has 3 nitrogen and oxygen atoms in total. The highest BCUT2D eigenvalue weighted by Crippen LogP contribution is 2.34. The van der Waals surface area contributed by atoms with Gasteiger partial charge in [-0.25, -0.2) is 0 Å². The first kappa shape index (κ1) is 14.9. The van der Waals surface area contributed by atoms with Crippen LogP contribution in [-0.2, 0) is 22.4 Å². The Morgan fingerprint density at radius 3 is 2.76 bits per heavy atom. The van der Waals surface area contributed by atoms with Gasteiger partial charge in [0.05, 0.1) is 0 Å². The molecule has 2 aliphatic carbocycles. The van der Waals surface area contributed by atoms with E-state index in [0.29, 0.717) is 6.61 Å². The summed E-state index contributed by atoms with van der Waals surface area (Å²) in [4.78, 5) is 12.7. The van der Waals surface area contributed by atoms with Crippen molar-refractivity contribution >= 4 is 17.5 Å². The SMILES string of the molecule is CCOC1(C(=O)NC2Cc3ccc(Cl)cc3C2)CCCC1. The molecule has 0 bridgehead atoms. The van der Waals surface area contributed by atoms with E-state index in [4.69, 9.17) is 16.3 Å². The van der Waals surface area contributed by atoms with Gasteiger partial charge < -0.3 is 10.1 Å². The lowest BCUT2D eigenvalue weighted by molar-refractivity contribution is -0.146. The summed E-state index contributed by atoms with van der Waals surface area (Å²) in [6, 6.07) is 6.17. The van der Waals surface area contributed by atoms with Crippen LogP contribution in [0.1, 0.15) is 43.7 Å². The summed E-state index contributed by atoms with van der Waals surface area (Å²) < 4.78 is 5.83. The molecule has 0 heterocycles. The number of ether oxygens (including phenoxy) is 1. The first-order valence-electron chi connectivity index (χ1n) is 7.85. The zero-order chi connectivity index (χ0) is 14.9. The predicted octanol–water partition coefficient (Wildman–Crippen LogP) is 3.27. The smallest absolute Gasteiger partial charge is 0.252 e. The number of nitrogens with one attached hydrogen (secondary N) is 1. The predicted molar refractivity (Wildman–Crippen MR) is 83.6 cm³/mol. The first-order chi connectivity index (χ1) is 10.1. The second kappa shape index (κ2) is 5.98. The van der Waals surface area contributed by atoms with Crippen LogP contribution in [0.15, 0.2) is 18.2 Å². The van der Waals surface area contributed by atoms with Crippen LogP contribution in [0, 0.1) is 0 Å². The van der Waals surface area contributed by atoms with Gasteiger partial charge in [-0.15, -0.1) is 0 Å². The molecular weight excluding hydrogens is 286 g/mol. The first-order valence-corrected chi connectivity index (χ1v) is 8.23. The zero-order valence-electron chi connectivity index (χ0n) is 12.5. The fourth-order valence-electron chi connectivity index (χ4n) is 3.67. The van der Waals surface area contributed by atoms with Gasteiger partial charge in [0.25, 0.3) is 5.91 Å². The summed E-state index contributed by atoms with van der Waals surface area (Å²) in [7, 11) is 0. The minimum atomic E-state index is -0.582. The monoisotopic (exact) mass is 307 g/mol. The third-order valence-corrected chi connectivity index (χ3v) is 4.92. The van der Waals surface area contributed by atoms with E-state index in [9.17, 15) is 4.79 Å². The number of halogens is 1. The molecule has 1 aromatic rings. The Kier molecular flexibility index (Phi) is 4.23. The molecule has 0 saturated heterocycles. The Bertz CT molecular complexity index is 538. The number of fused-ring (bicyclic) bond motifs is 1. The number of hydrogen-bond acceptors (Lipinski definition) is 2. The van der Waals surface area contributed by atoms with Crippen LogP contribution in [0.5, 0.6) is 0 Å². The van der Waals surface area contributed by atoms with Crippen LogP contribution in [0.4, 0.5) is 0 Å². The van der Waals surface area contributed by atoms with Crippen LogP contribution in [0.3, 0.4) is 0 Å². The fourth-order valence-corrected chi connectivity index (χ4v) is 3.86. The third kappa shape index (κ3) is 2.95. The van der Waals surface area contributed by atoms with Gasteiger partial charge in [0, 0.05) is 17.7 Å². The average molecular weight is 308 g/mol. The lowest BCUT2D eigenvalue weighted by Crippen LogP contribution is -2.50. The van der Waals surface area contributed by atoms with Gasteiger partial charge in [-0.1, -0.05) is 17.7 Å². The summed E-state index contributed by atoms with van der Waals surface area (Å²) >= 11 is 6.04. The van der Waals surface area contributed by atoms with Crippen molar-refractivity contribution in [3.05, 3.63) is 34.3 Å². The highest BCUT2D eigenvalue weighted by Gasteiger charge is 2.43. The van der Waals surface area contributed by atoms with Crippen molar-refractivity contribution in [2.24, 2.45) is 0 Å². The molecule has 0 radical (unpaired) electrons. The van der Waals surface area contributed by atoms with Crippen LogP contribution in [-0.4, -0.2) is 24.2 Å². The lowest BCUT2D eigenvalue weighted by Gasteiger charge is -2.29. The molecule has 21 heavy (non-hydrogen) atoms. The van der Waals surface area contributed by atoms with Gasteiger partial charge in [-0.2, -0.15) is 0 Å². The Hall–Kier alpha value is -1.06. The van der Waals surface area contributed by atoms with Gasteiger partial charge in [-0.3, -0.25) is 4.79 Å². The standard InChI is InChI=1S/C17H22ClNO2/c1-2-21-17(7-3-4-8-17)16(20)19-15-10-12-5-6-14(18)9-13(12)11-15/h5-6,9,15H,2-4,7-8,10-11H2,1H3,(H,19,20). The molecule has 1 aromatic carbocycles. The van der Waals surface area contributed by atoms with E-state index < -0.39 is 5.60 Å². The van der Waals surface area contributed by atoms with Crippen molar-refractivity contribution in [3.8, 4) is 0 Å². The number of rotatable bonds is 4. The molecule has 114 valence electrons. The van der Waals surface area contributed by atoms with E-state index in [1.807, 2.05) is 19.1 Å². The Labute approximate surface area is 131 Å². The molecule has 1 atom stereocenters. The Morgan fingerprint density at radius 2 is 2.05 bits per heavy atom. The van der Waals surface area contributed by atoms with Gasteiger partial charge in [0.1, 0.15) is 5.60 Å². The molecular formula is C17H22ClNO2. The molecule has 2 aliphatic rings. The fraction of sp³-hybridized carbons (Fsp3) is 0.588. The van der Waals surface area contributed by atoms with Crippen LogP contribution < -0.4 is 5.32 Å². The summed E-state index contributed by atoms with van der Waals surface area (Å²) in [6.07, 6.45) is 5.60. The number of hydrogen-bond donors (Lipinski definition) is 1. The van der Waals surface area contributed by atoms with E-state index >= 15 is 0 Å². The zero-order valence-corrected chi connectivity index (χ0v) is 13.2. The maximum absolute atomic E-state index is 12.7.